The summed E-state index contributed by atoms with van der Waals surface area (Å²) in [5, 5.41) is 0. The maximum atomic E-state index is 11.3. The van der Waals surface area contributed by atoms with Crippen LogP contribution in [0.3, 0.4) is 0 Å². The van der Waals surface area contributed by atoms with Gasteiger partial charge in [-0.1, -0.05) is 0 Å². The lowest BCUT2D eigenvalue weighted by molar-refractivity contribution is -0.130. The Morgan fingerprint density at radius 1 is 1.53 bits per heavy atom. The molecule has 0 saturated carbocycles. The summed E-state index contributed by atoms with van der Waals surface area (Å²) in [5.74, 6) is 0.526. The van der Waals surface area contributed by atoms with E-state index < -0.39 is 0 Å². The van der Waals surface area contributed by atoms with Crippen LogP contribution in [0.5, 0.6) is 5.75 Å². The molecule has 0 aliphatic rings. The summed E-state index contributed by atoms with van der Waals surface area (Å²) in [7, 11) is 3.37. The fourth-order valence-corrected chi connectivity index (χ4v) is 1.41. The quantitative estimate of drug-likeness (QED) is 0.849. The molecule has 0 saturated heterocycles. The van der Waals surface area contributed by atoms with Gasteiger partial charge in [-0.25, -0.2) is 0 Å². The summed E-state index contributed by atoms with van der Waals surface area (Å²) < 4.78 is 6.07. The molecular weight excluding hydrogens is 260 g/mol. The second kappa shape index (κ2) is 5.02. The highest BCUT2D eigenvalue weighted by Gasteiger charge is 2.07. The molecule has 0 atom stereocenters. The SMILES string of the molecule is CN(C)C(=O)COc1ccc(N)cc1Br. The molecule has 1 rings (SSSR count). The first-order valence-electron chi connectivity index (χ1n) is 4.38. The van der Waals surface area contributed by atoms with Gasteiger partial charge in [-0.15, -0.1) is 0 Å². The van der Waals surface area contributed by atoms with E-state index >= 15 is 0 Å². The lowest BCUT2D eigenvalue weighted by atomic mass is 10.3. The first kappa shape index (κ1) is 11.8. The number of likely N-dealkylation sites (N-methyl/N-ethyl adjacent to an activating group) is 1. The lowest BCUT2D eigenvalue weighted by Gasteiger charge is -2.12. The number of carbonyl (C=O) groups is 1. The molecule has 0 aromatic heterocycles. The van der Waals surface area contributed by atoms with Crippen molar-refractivity contribution < 1.29 is 9.53 Å². The zero-order valence-electron chi connectivity index (χ0n) is 8.66. The minimum atomic E-state index is -0.0845. The summed E-state index contributed by atoms with van der Waals surface area (Å²) in [6.07, 6.45) is 0. The second-order valence-corrected chi connectivity index (χ2v) is 4.12. The number of rotatable bonds is 3. The van der Waals surface area contributed by atoms with Gasteiger partial charge in [0, 0.05) is 19.8 Å². The van der Waals surface area contributed by atoms with Crippen LogP contribution < -0.4 is 10.5 Å². The predicted molar refractivity (Wildman–Crippen MR) is 62.7 cm³/mol. The number of halogens is 1. The Morgan fingerprint density at radius 2 is 2.20 bits per heavy atom. The molecule has 82 valence electrons. The Morgan fingerprint density at radius 3 is 2.73 bits per heavy atom. The smallest absolute Gasteiger partial charge is 0.259 e. The van der Waals surface area contributed by atoms with Crippen molar-refractivity contribution in [1.82, 2.24) is 4.90 Å². The summed E-state index contributed by atoms with van der Waals surface area (Å²) >= 11 is 3.30. The van der Waals surface area contributed by atoms with Gasteiger partial charge in [0.05, 0.1) is 4.47 Å². The van der Waals surface area contributed by atoms with Crippen LogP contribution in [0.1, 0.15) is 0 Å². The van der Waals surface area contributed by atoms with Gasteiger partial charge < -0.3 is 15.4 Å². The Bertz CT molecular complexity index is 366. The maximum Gasteiger partial charge on any atom is 0.259 e. The molecule has 0 bridgehead atoms. The first-order chi connectivity index (χ1) is 7.00. The van der Waals surface area contributed by atoms with E-state index in [0.717, 1.165) is 4.47 Å². The van der Waals surface area contributed by atoms with E-state index in [-0.39, 0.29) is 12.5 Å². The fraction of sp³-hybridized carbons (Fsp3) is 0.300. The van der Waals surface area contributed by atoms with E-state index in [4.69, 9.17) is 10.5 Å². The first-order valence-corrected chi connectivity index (χ1v) is 5.18. The molecule has 15 heavy (non-hydrogen) atoms. The molecule has 0 fully saturated rings. The molecule has 0 aliphatic carbocycles. The molecule has 1 aromatic rings. The van der Waals surface area contributed by atoms with Gasteiger partial charge in [0.15, 0.2) is 6.61 Å². The lowest BCUT2D eigenvalue weighted by Crippen LogP contribution is -2.27. The number of hydrogen-bond donors (Lipinski definition) is 1. The van der Waals surface area contributed by atoms with Gasteiger partial charge in [-0.3, -0.25) is 4.79 Å². The highest BCUT2D eigenvalue weighted by Crippen LogP contribution is 2.26. The van der Waals surface area contributed by atoms with Crippen LogP contribution in [0.25, 0.3) is 0 Å². The molecule has 0 unspecified atom stereocenters. The zero-order chi connectivity index (χ0) is 11.4. The topological polar surface area (TPSA) is 55.6 Å². The van der Waals surface area contributed by atoms with Crippen LogP contribution in [0.15, 0.2) is 22.7 Å². The van der Waals surface area contributed by atoms with Crippen molar-refractivity contribution >= 4 is 27.5 Å². The van der Waals surface area contributed by atoms with Crippen molar-refractivity contribution in [2.24, 2.45) is 0 Å². The van der Waals surface area contributed by atoms with Crippen molar-refractivity contribution in [2.75, 3.05) is 26.4 Å². The van der Waals surface area contributed by atoms with Gasteiger partial charge >= 0.3 is 0 Å². The van der Waals surface area contributed by atoms with E-state index in [1.54, 1.807) is 32.3 Å². The highest BCUT2D eigenvalue weighted by atomic mass is 79.9. The summed E-state index contributed by atoms with van der Waals surface area (Å²) in [5.41, 5.74) is 6.22. The van der Waals surface area contributed by atoms with Crippen molar-refractivity contribution in [3.8, 4) is 5.75 Å². The minimum Gasteiger partial charge on any atom is -0.483 e. The summed E-state index contributed by atoms with van der Waals surface area (Å²) in [6.45, 7) is 0.0233. The predicted octanol–water partition coefficient (Wildman–Crippen LogP) is 1.50. The number of hydrogen-bond acceptors (Lipinski definition) is 3. The highest BCUT2D eigenvalue weighted by molar-refractivity contribution is 9.10. The number of nitrogens with zero attached hydrogens (tertiary/aromatic N) is 1. The molecule has 2 N–H and O–H groups in total. The number of ether oxygens (including phenoxy) is 1. The van der Waals surface area contributed by atoms with Crippen LogP contribution in [0.2, 0.25) is 0 Å². The largest absolute Gasteiger partial charge is 0.483 e. The van der Waals surface area contributed by atoms with Crippen LogP contribution >= 0.6 is 15.9 Å². The van der Waals surface area contributed by atoms with Crippen LogP contribution in [0, 0.1) is 0 Å². The van der Waals surface area contributed by atoms with Crippen LogP contribution in [-0.2, 0) is 4.79 Å². The van der Waals surface area contributed by atoms with Crippen molar-refractivity contribution in [1.29, 1.82) is 0 Å². The number of carbonyl (C=O) groups excluding carboxylic acids is 1. The zero-order valence-corrected chi connectivity index (χ0v) is 10.2. The molecule has 1 aromatic carbocycles. The standard InChI is InChI=1S/C10H13BrN2O2/c1-13(2)10(14)6-15-9-4-3-7(12)5-8(9)11/h3-5H,6,12H2,1-2H3. The molecule has 0 aliphatic heterocycles. The third-order valence-corrected chi connectivity index (χ3v) is 2.43. The second-order valence-electron chi connectivity index (χ2n) is 3.27. The Kier molecular flexibility index (Phi) is 3.96. The molecule has 0 spiro atoms. The number of amides is 1. The Balaban J connectivity index is 2.62. The van der Waals surface area contributed by atoms with Gasteiger partial charge in [-0.05, 0) is 34.1 Å². The molecule has 1 amide bonds. The number of benzene rings is 1. The Labute approximate surface area is 97.1 Å². The van der Waals surface area contributed by atoms with Gasteiger partial charge in [0.1, 0.15) is 5.75 Å². The average Bonchev–Trinajstić information content (AvgIpc) is 2.15. The van der Waals surface area contributed by atoms with Crippen LogP contribution in [0.4, 0.5) is 5.69 Å². The average molecular weight is 273 g/mol. The third kappa shape index (κ3) is 3.43. The van der Waals surface area contributed by atoms with Crippen molar-refractivity contribution in [3.63, 3.8) is 0 Å². The minimum absolute atomic E-state index is 0.0233. The maximum absolute atomic E-state index is 11.3. The number of nitrogens with two attached hydrogens (primary N) is 1. The van der Waals surface area contributed by atoms with Crippen molar-refractivity contribution in [2.45, 2.75) is 0 Å². The van der Waals surface area contributed by atoms with Gasteiger partial charge in [0.25, 0.3) is 5.91 Å². The monoisotopic (exact) mass is 272 g/mol. The van der Waals surface area contributed by atoms with E-state index in [0.29, 0.717) is 11.4 Å². The number of nitrogen functional groups attached to an aromatic ring is 1. The summed E-state index contributed by atoms with van der Waals surface area (Å²) in [6, 6.07) is 5.18. The van der Waals surface area contributed by atoms with Crippen molar-refractivity contribution in [3.05, 3.63) is 22.7 Å². The van der Waals surface area contributed by atoms with E-state index in [1.807, 2.05) is 0 Å². The van der Waals surface area contributed by atoms with Gasteiger partial charge in [0.2, 0.25) is 0 Å². The molecule has 0 heterocycles. The van der Waals surface area contributed by atoms with Crippen LogP contribution in [-0.4, -0.2) is 31.5 Å². The normalized spacial score (nSPS) is 9.80. The molecule has 4 nitrogen and oxygen atoms in total. The van der Waals surface area contributed by atoms with E-state index in [9.17, 15) is 4.79 Å². The van der Waals surface area contributed by atoms with Gasteiger partial charge in [-0.2, -0.15) is 0 Å². The number of anilines is 1. The molecular formula is C10H13BrN2O2. The molecule has 0 radical (unpaired) electrons. The molecule has 5 heteroatoms. The summed E-state index contributed by atoms with van der Waals surface area (Å²) in [4.78, 5) is 12.7. The fourth-order valence-electron chi connectivity index (χ4n) is 0.903. The third-order valence-electron chi connectivity index (χ3n) is 1.81. The van der Waals surface area contributed by atoms with E-state index in [2.05, 4.69) is 15.9 Å². The van der Waals surface area contributed by atoms with E-state index in [1.165, 1.54) is 4.90 Å². The Hall–Kier alpha value is -1.23.